The number of halogens is 1. The van der Waals surface area contributed by atoms with Crippen molar-refractivity contribution in [2.24, 2.45) is 0 Å². The van der Waals surface area contributed by atoms with Gasteiger partial charge in [-0.05, 0) is 55.0 Å². The Balaban J connectivity index is 1.52. The van der Waals surface area contributed by atoms with E-state index in [9.17, 15) is 13.2 Å². The number of carbonyl (C=O) groups excluding carboxylic acids is 1. The third-order valence-corrected chi connectivity index (χ3v) is 6.07. The van der Waals surface area contributed by atoms with E-state index >= 15 is 0 Å². The van der Waals surface area contributed by atoms with Crippen molar-refractivity contribution in [3.63, 3.8) is 0 Å². The molecular weight excluding hydrogens is 418 g/mol. The Morgan fingerprint density at radius 3 is 2.45 bits per heavy atom. The lowest BCUT2D eigenvalue weighted by atomic mass is 10.2. The molecule has 0 aliphatic rings. The first-order chi connectivity index (χ1) is 13.9. The Labute approximate surface area is 172 Å². The van der Waals surface area contributed by atoms with Crippen molar-refractivity contribution in [2.45, 2.75) is 17.7 Å². The van der Waals surface area contributed by atoms with Gasteiger partial charge in [-0.3, -0.25) is 10.1 Å². The highest BCUT2D eigenvalue weighted by molar-refractivity contribution is 7.91. The third kappa shape index (κ3) is 5.55. The van der Waals surface area contributed by atoms with Crippen LogP contribution in [0.2, 0.25) is 5.02 Å². The molecule has 0 radical (unpaired) electrons. The average Bonchev–Trinajstić information content (AvgIpc) is 3.16. The maximum Gasteiger partial charge on any atom is 0.322 e. The van der Waals surface area contributed by atoms with Gasteiger partial charge in [-0.15, -0.1) is 5.10 Å². The smallest absolute Gasteiger partial charge is 0.322 e. The maximum atomic E-state index is 12.3. The van der Waals surface area contributed by atoms with Crippen molar-refractivity contribution in [2.75, 3.05) is 18.2 Å². The Morgan fingerprint density at radius 1 is 1.10 bits per heavy atom. The van der Waals surface area contributed by atoms with E-state index < -0.39 is 15.7 Å². The first-order valence-electron chi connectivity index (χ1n) is 8.63. The average molecular weight is 436 g/mol. The van der Waals surface area contributed by atoms with Crippen molar-refractivity contribution >= 4 is 33.4 Å². The summed E-state index contributed by atoms with van der Waals surface area (Å²) in [6, 6.07) is 12.8. The van der Waals surface area contributed by atoms with E-state index in [0.29, 0.717) is 16.3 Å². The molecule has 29 heavy (non-hydrogen) atoms. The summed E-state index contributed by atoms with van der Waals surface area (Å²) in [7, 11) is -1.92. The van der Waals surface area contributed by atoms with E-state index in [2.05, 4.69) is 15.5 Å². The van der Waals surface area contributed by atoms with Crippen molar-refractivity contribution in [3.05, 3.63) is 53.6 Å². The molecule has 1 amide bonds. The van der Waals surface area contributed by atoms with Crippen LogP contribution in [0, 0.1) is 0 Å². The number of carbonyl (C=O) groups is 1. The number of rotatable bonds is 8. The molecule has 1 heterocycles. The predicted octanol–water partition coefficient (Wildman–Crippen LogP) is 3.59. The summed E-state index contributed by atoms with van der Waals surface area (Å²) in [6.07, 6.45) is 0.142. The van der Waals surface area contributed by atoms with Crippen LogP contribution < -0.4 is 10.1 Å². The molecule has 1 N–H and O–H groups in total. The van der Waals surface area contributed by atoms with Crippen molar-refractivity contribution in [3.8, 4) is 17.2 Å². The number of nitrogens with zero attached hydrogens (tertiary/aromatic N) is 2. The minimum Gasteiger partial charge on any atom is -0.497 e. The molecule has 3 rings (SSSR count). The molecule has 0 saturated carbocycles. The minimum absolute atomic E-state index is 0.00688. The van der Waals surface area contributed by atoms with Crippen LogP contribution in [0.1, 0.15) is 12.8 Å². The van der Waals surface area contributed by atoms with Gasteiger partial charge in [-0.25, -0.2) is 8.42 Å². The summed E-state index contributed by atoms with van der Waals surface area (Å²) in [5.41, 5.74) is 0.674. The van der Waals surface area contributed by atoms with Crippen molar-refractivity contribution < 1.29 is 22.4 Å². The van der Waals surface area contributed by atoms with Gasteiger partial charge in [0.1, 0.15) is 5.75 Å². The molecule has 0 unspecified atom stereocenters. The Hall–Kier alpha value is -2.91. The molecule has 3 aromatic rings. The number of ether oxygens (including phenoxy) is 1. The highest BCUT2D eigenvalue weighted by Crippen LogP contribution is 2.22. The molecule has 2 aromatic carbocycles. The van der Waals surface area contributed by atoms with E-state index in [4.69, 9.17) is 20.8 Å². The molecule has 1 aromatic heterocycles. The molecule has 0 bridgehead atoms. The van der Waals surface area contributed by atoms with Crippen LogP contribution in [0.4, 0.5) is 6.01 Å². The SMILES string of the molecule is COc1ccc(-c2nnc(NC(=O)CCCS(=O)(=O)c3ccc(Cl)cc3)o2)cc1. The van der Waals surface area contributed by atoms with Crippen LogP contribution in [0.25, 0.3) is 11.5 Å². The zero-order valence-electron chi connectivity index (χ0n) is 15.5. The molecule has 10 heteroatoms. The highest BCUT2D eigenvalue weighted by Gasteiger charge is 2.16. The molecule has 152 valence electrons. The Morgan fingerprint density at radius 2 is 1.79 bits per heavy atom. The van der Waals surface area contributed by atoms with Crippen LogP contribution in [0.5, 0.6) is 5.75 Å². The molecule has 0 fully saturated rings. The first-order valence-corrected chi connectivity index (χ1v) is 10.7. The highest BCUT2D eigenvalue weighted by atomic mass is 35.5. The van der Waals surface area contributed by atoms with Crippen LogP contribution in [-0.4, -0.2) is 37.4 Å². The van der Waals surface area contributed by atoms with E-state index in [-0.39, 0.29) is 35.4 Å². The number of aromatic nitrogens is 2. The van der Waals surface area contributed by atoms with Gasteiger partial charge in [-0.1, -0.05) is 16.7 Å². The monoisotopic (exact) mass is 435 g/mol. The topological polar surface area (TPSA) is 111 Å². The zero-order valence-corrected chi connectivity index (χ0v) is 17.0. The lowest BCUT2D eigenvalue weighted by Crippen LogP contribution is -2.14. The van der Waals surface area contributed by atoms with Crippen LogP contribution in [-0.2, 0) is 14.6 Å². The summed E-state index contributed by atoms with van der Waals surface area (Å²) in [5.74, 6) is 0.355. The van der Waals surface area contributed by atoms with Crippen LogP contribution >= 0.6 is 11.6 Å². The molecule has 0 aliphatic heterocycles. The van der Waals surface area contributed by atoms with Gasteiger partial charge in [0.2, 0.25) is 11.8 Å². The molecule has 0 atom stereocenters. The van der Waals surface area contributed by atoms with Gasteiger partial charge >= 0.3 is 6.01 Å². The van der Waals surface area contributed by atoms with E-state index in [1.165, 1.54) is 24.3 Å². The first kappa shape index (κ1) is 20.8. The molecule has 0 aliphatic carbocycles. The summed E-state index contributed by atoms with van der Waals surface area (Å²) < 4.78 is 35.0. The molecular formula is C19H18ClN3O5S. The van der Waals surface area contributed by atoms with Gasteiger partial charge in [0.25, 0.3) is 0 Å². The number of nitrogens with one attached hydrogen (secondary N) is 1. The Kier molecular flexibility index (Phi) is 6.50. The number of anilines is 1. The van der Waals surface area contributed by atoms with Gasteiger partial charge in [-0.2, -0.15) is 0 Å². The fourth-order valence-electron chi connectivity index (χ4n) is 2.49. The van der Waals surface area contributed by atoms with Crippen molar-refractivity contribution in [1.82, 2.24) is 10.2 Å². The van der Waals surface area contributed by atoms with Gasteiger partial charge in [0.15, 0.2) is 9.84 Å². The maximum absolute atomic E-state index is 12.3. The summed E-state index contributed by atoms with van der Waals surface area (Å²) in [6.45, 7) is 0. The van der Waals surface area contributed by atoms with Gasteiger partial charge in [0.05, 0.1) is 17.8 Å². The second kappa shape index (κ2) is 9.06. The summed E-state index contributed by atoms with van der Waals surface area (Å²) in [4.78, 5) is 12.2. The lowest BCUT2D eigenvalue weighted by molar-refractivity contribution is -0.116. The number of methoxy groups -OCH3 is 1. The Bertz CT molecular complexity index is 1080. The standard InChI is InChI=1S/C19H18ClN3O5S/c1-27-15-8-4-13(5-9-15)18-22-23-19(28-18)21-17(24)3-2-12-29(25,26)16-10-6-14(20)7-11-16/h4-11H,2-3,12H2,1H3,(H,21,23,24). The number of sulfone groups is 1. The normalized spacial score (nSPS) is 11.2. The lowest BCUT2D eigenvalue weighted by Gasteiger charge is -2.04. The number of hydrogen-bond donors (Lipinski definition) is 1. The van der Waals surface area contributed by atoms with E-state index in [1.807, 2.05) is 0 Å². The largest absolute Gasteiger partial charge is 0.497 e. The van der Waals surface area contributed by atoms with Crippen LogP contribution in [0.15, 0.2) is 57.8 Å². The summed E-state index contributed by atoms with van der Waals surface area (Å²) in [5, 5.41) is 10.6. The number of amides is 1. The third-order valence-electron chi connectivity index (χ3n) is 4.00. The van der Waals surface area contributed by atoms with Crippen LogP contribution in [0.3, 0.4) is 0 Å². The van der Waals surface area contributed by atoms with E-state index in [0.717, 1.165) is 0 Å². The molecule has 0 saturated heterocycles. The number of benzene rings is 2. The minimum atomic E-state index is -3.48. The predicted molar refractivity (Wildman–Crippen MR) is 108 cm³/mol. The molecule has 0 spiro atoms. The van der Waals surface area contributed by atoms with Gasteiger partial charge in [0, 0.05) is 17.0 Å². The second-order valence-corrected chi connectivity index (χ2v) is 8.61. The van der Waals surface area contributed by atoms with Gasteiger partial charge < -0.3 is 9.15 Å². The quantitative estimate of drug-likeness (QED) is 0.575. The summed E-state index contributed by atoms with van der Waals surface area (Å²) >= 11 is 5.77. The second-order valence-electron chi connectivity index (χ2n) is 6.07. The van der Waals surface area contributed by atoms with Crippen molar-refractivity contribution in [1.29, 1.82) is 0 Å². The zero-order chi connectivity index (χ0) is 20.9. The fraction of sp³-hybridized carbons (Fsp3) is 0.211. The fourth-order valence-corrected chi connectivity index (χ4v) is 3.93. The number of hydrogen-bond acceptors (Lipinski definition) is 7. The molecule has 8 nitrogen and oxygen atoms in total. The van der Waals surface area contributed by atoms with E-state index in [1.54, 1.807) is 31.4 Å².